The number of benzene rings is 1. The molecule has 0 radical (unpaired) electrons. The Morgan fingerprint density at radius 2 is 2.09 bits per heavy atom. The number of aromatic nitrogens is 4. The SMILES string of the molecule is CC1COCc2ccc(C(=O)NCc3cc4nc(-c5ccn6nccc6c5)ccc4cn3)cc21. The summed E-state index contributed by atoms with van der Waals surface area (Å²) in [5, 5.41) is 8.19. The highest BCUT2D eigenvalue weighted by Crippen LogP contribution is 2.27. The molecule has 1 N–H and O–H groups in total. The second-order valence-electron chi connectivity index (χ2n) is 8.69. The number of nitrogens with one attached hydrogen (secondary N) is 1. The summed E-state index contributed by atoms with van der Waals surface area (Å²) in [5.41, 5.74) is 7.52. The number of nitrogens with zero attached hydrogens (tertiary/aromatic N) is 4. The molecule has 0 saturated carbocycles. The first-order valence-corrected chi connectivity index (χ1v) is 11.3. The third-order valence-electron chi connectivity index (χ3n) is 6.32. The molecule has 7 nitrogen and oxygen atoms in total. The van der Waals surface area contributed by atoms with Crippen LogP contribution in [0.15, 0.2) is 73.2 Å². The lowest BCUT2D eigenvalue weighted by Crippen LogP contribution is -2.24. The van der Waals surface area contributed by atoms with E-state index in [1.807, 2.05) is 59.2 Å². The first kappa shape index (κ1) is 20.5. The Kier molecular flexibility index (Phi) is 5.04. The first-order chi connectivity index (χ1) is 16.6. The van der Waals surface area contributed by atoms with Gasteiger partial charge in [0.25, 0.3) is 5.91 Å². The quantitative estimate of drug-likeness (QED) is 0.437. The van der Waals surface area contributed by atoms with E-state index in [9.17, 15) is 4.79 Å². The van der Waals surface area contributed by atoms with E-state index in [-0.39, 0.29) is 11.8 Å². The van der Waals surface area contributed by atoms with Crippen molar-refractivity contribution in [3.8, 4) is 11.3 Å². The molecule has 1 atom stereocenters. The van der Waals surface area contributed by atoms with E-state index in [0.717, 1.165) is 38.9 Å². The monoisotopic (exact) mass is 449 g/mol. The van der Waals surface area contributed by atoms with Crippen LogP contribution in [0.1, 0.15) is 40.0 Å². The summed E-state index contributed by atoms with van der Waals surface area (Å²) < 4.78 is 7.41. The van der Waals surface area contributed by atoms with E-state index in [0.29, 0.717) is 25.3 Å². The van der Waals surface area contributed by atoms with E-state index < -0.39 is 0 Å². The van der Waals surface area contributed by atoms with Crippen molar-refractivity contribution in [2.24, 2.45) is 0 Å². The maximum Gasteiger partial charge on any atom is 0.251 e. The van der Waals surface area contributed by atoms with Crippen LogP contribution >= 0.6 is 0 Å². The zero-order chi connectivity index (χ0) is 23.1. The van der Waals surface area contributed by atoms with Crippen LogP contribution in [0.3, 0.4) is 0 Å². The predicted octanol–water partition coefficient (Wildman–Crippen LogP) is 4.51. The fraction of sp³-hybridized carbons (Fsp3) is 0.185. The lowest BCUT2D eigenvalue weighted by atomic mass is 9.92. The molecule has 0 fully saturated rings. The number of fused-ring (bicyclic) bond motifs is 3. The Hall–Kier alpha value is -4.10. The fourth-order valence-corrected chi connectivity index (χ4v) is 4.43. The van der Waals surface area contributed by atoms with Crippen molar-refractivity contribution in [1.82, 2.24) is 24.9 Å². The van der Waals surface area contributed by atoms with Gasteiger partial charge in [-0.15, -0.1) is 0 Å². The summed E-state index contributed by atoms with van der Waals surface area (Å²) in [6.07, 6.45) is 5.51. The molecule has 4 aromatic heterocycles. The molecule has 34 heavy (non-hydrogen) atoms. The topological polar surface area (TPSA) is 81.4 Å². The summed E-state index contributed by atoms with van der Waals surface area (Å²) in [4.78, 5) is 22.2. The second-order valence-corrected chi connectivity index (χ2v) is 8.69. The van der Waals surface area contributed by atoms with Crippen LogP contribution in [0.5, 0.6) is 0 Å². The highest BCUT2D eigenvalue weighted by atomic mass is 16.5. The van der Waals surface area contributed by atoms with Gasteiger partial charge >= 0.3 is 0 Å². The van der Waals surface area contributed by atoms with Crippen molar-refractivity contribution in [2.75, 3.05) is 6.61 Å². The number of amides is 1. The maximum atomic E-state index is 12.8. The zero-order valence-electron chi connectivity index (χ0n) is 18.7. The minimum absolute atomic E-state index is 0.112. The molecule has 1 aromatic carbocycles. The van der Waals surface area contributed by atoms with Crippen LogP contribution < -0.4 is 5.32 Å². The normalized spacial score (nSPS) is 15.4. The highest BCUT2D eigenvalue weighted by molar-refractivity contribution is 5.94. The van der Waals surface area contributed by atoms with E-state index in [1.165, 1.54) is 5.56 Å². The van der Waals surface area contributed by atoms with E-state index >= 15 is 0 Å². The molecule has 6 rings (SSSR count). The van der Waals surface area contributed by atoms with Gasteiger partial charge in [0.2, 0.25) is 0 Å². The molecule has 1 aliphatic heterocycles. The largest absolute Gasteiger partial charge is 0.376 e. The van der Waals surface area contributed by atoms with Crippen LogP contribution in [0.25, 0.3) is 27.7 Å². The predicted molar refractivity (Wildman–Crippen MR) is 129 cm³/mol. The number of carbonyl (C=O) groups is 1. The molecule has 0 saturated heterocycles. The summed E-state index contributed by atoms with van der Waals surface area (Å²) >= 11 is 0. The lowest BCUT2D eigenvalue weighted by molar-refractivity contribution is 0.0931. The lowest BCUT2D eigenvalue weighted by Gasteiger charge is -2.23. The minimum atomic E-state index is -0.112. The van der Waals surface area contributed by atoms with Crippen molar-refractivity contribution >= 4 is 22.3 Å². The van der Waals surface area contributed by atoms with E-state index in [2.05, 4.69) is 28.4 Å². The smallest absolute Gasteiger partial charge is 0.251 e. The zero-order valence-corrected chi connectivity index (χ0v) is 18.7. The van der Waals surface area contributed by atoms with Crippen molar-refractivity contribution in [3.63, 3.8) is 0 Å². The molecule has 0 bridgehead atoms. The summed E-state index contributed by atoms with van der Waals surface area (Å²) in [5.74, 6) is 0.174. The number of carbonyl (C=O) groups excluding carboxylic acids is 1. The second kappa shape index (κ2) is 8.35. The molecule has 0 spiro atoms. The standard InChI is InChI=1S/C27H23N5O2/c1-17-15-34-16-21-3-2-19(11-24(17)21)27(33)29-14-22-12-26-20(13-28-22)4-5-25(31-26)18-7-9-32-23(10-18)6-8-30-32/h2-13,17H,14-16H2,1H3,(H,29,33). The Balaban J connectivity index is 1.22. The fourth-order valence-electron chi connectivity index (χ4n) is 4.43. The van der Waals surface area contributed by atoms with Crippen LogP contribution in [-0.2, 0) is 17.9 Å². The molecular weight excluding hydrogens is 426 g/mol. The van der Waals surface area contributed by atoms with Crippen LogP contribution in [-0.4, -0.2) is 32.1 Å². The number of pyridine rings is 3. The van der Waals surface area contributed by atoms with Crippen LogP contribution in [0.2, 0.25) is 0 Å². The Morgan fingerprint density at radius 1 is 1.15 bits per heavy atom. The Bertz CT molecular complexity index is 1540. The van der Waals surface area contributed by atoms with E-state index in [1.54, 1.807) is 12.4 Å². The number of ether oxygens (including phenoxy) is 1. The Labute approximate surface area is 196 Å². The van der Waals surface area contributed by atoms with Crippen molar-refractivity contribution in [1.29, 1.82) is 0 Å². The molecule has 5 heterocycles. The third-order valence-corrected chi connectivity index (χ3v) is 6.32. The molecular formula is C27H23N5O2. The summed E-state index contributed by atoms with van der Waals surface area (Å²) in [7, 11) is 0. The molecule has 7 heteroatoms. The van der Waals surface area contributed by atoms with Gasteiger partial charge < -0.3 is 10.1 Å². The van der Waals surface area contributed by atoms with Gasteiger partial charge in [0, 0.05) is 41.0 Å². The molecule has 1 unspecified atom stereocenters. The molecule has 1 aliphatic rings. The average molecular weight is 450 g/mol. The minimum Gasteiger partial charge on any atom is -0.376 e. The maximum absolute atomic E-state index is 12.8. The molecule has 5 aromatic rings. The summed E-state index contributed by atoms with van der Waals surface area (Å²) in [6.45, 7) is 3.74. The van der Waals surface area contributed by atoms with Gasteiger partial charge in [0.05, 0.1) is 42.2 Å². The molecule has 168 valence electrons. The number of hydrogen-bond donors (Lipinski definition) is 1. The average Bonchev–Trinajstić information content (AvgIpc) is 3.35. The van der Waals surface area contributed by atoms with E-state index in [4.69, 9.17) is 9.72 Å². The highest BCUT2D eigenvalue weighted by Gasteiger charge is 2.18. The van der Waals surface area contributed by atoms with Crippen molar-refractivity contribution in [3.05, 3.63) is 95.6 Å². The van der Waals surface area contributed by atoms with Crippen molar-refractivity contribution in [2.45, 2.75) is 26.0 Å². The van der Waals surface area contributed by atoms with Gasteiger partial charge in [-0.25, -0.2) is 9.50 Å². The van der Waals surface area contributed by atoms with Gasteiger partial charge in [0.15, 0.2) is 0 Å². The molecule has 1 amide bonds. The van der Waals surface area contributed by atoms with Gasteiger partial charge in [0.1, 0.15) is 0 Å². The number of rotatable bonds is 4. The van der Waals surface area contributed by atoms with Crippen LogP contribution in [0.4, 0.5) is 0 Å². The Morgan fingerprint density at radius 3 is 3.03 bits per heavy atom. The van der Waals surface area contributed by atoms with Crippen molar-refractivity contribution < 1.29 is 9.53 Å². The van der Waals surface area contributed by atoms with Gasteiger partial charge in [-0.2, -0.15) is 5.10 Å². The van der Waals surface area contributed by atoms with Gasteiger partial charge in [-0.1, -0.05) is 13.0 Å². The van der Waals surface area contributed by atoms with Crippen LogP contribution in [0, 0.1) is 0 Å². The molecule has 0 aliphatic carbocycles. The first-order valence-electron chi connectivity index (χ1n) is 11.3. The third kappa shape index (κ3) is 3.80. The number of hydrogen-bond acceptors (Lipinski definition) is 5. The van der Waals surface area contributed by atoms with Gasteiger partial charge in [-0.05, 0) is 59.7 Å². The van der Waals surface area contributed by atoms with Gasteiger partial charge in [-0.3, -0.25) is 9.78 Å². The summed E-state index contributed by atoms with van der Waals surface area (Å²) in [6, 6.07) is 17.8.